The van der Waals surface area contributed by atoms with Gasteiger partial charge in [0, 0.05) is 44.4 Å². The van der Waals surface area contributed by atoms with E-state index in [1.807, 2.05) is 56.0 Å². The van der Waals surface area contributed by atoms with Gasteiger partial charge in [0.15, 0.2) is 0 Å². The molecule has 0 bridgehead atoms. The van der Waals surface area contributed by atoms with Crippen molar-refractivity contribution in [3.63, 3.8) is 0 Å². The number of carbonyl (C=O) groups is 1. The molecule has 25 heavy (non-hydrogen) atoms. The molecule has 2 aliphatic rings. The summed E-state index contributed by atoms with van der Waals surface area (Å²) in [6, 6.07) is 9.86. The van der Waals surface area contributed by atoms with Gasteiger partial charge in [-0.25, -0.2) is 0 Å². The number of hydrogen-bond acceptors (Lipinski definition) is 4. The Morgan fingerprint density at radius 2 is 1.88 bits per heavy atom. The van der Waals surface area contributed by atoms with E-state index in [4.69, 9.17) is 15.2 Å². The third kappa shape index (κ3) is 3.27. The van der Waals surface area contributed by atoms with Crippen LogP contribution in [0.15, 0.2) is 30.3 Å². The molecule has 1 aromatic carbocycles. The van der Waals surface area contributed by atoms with E-state index < -0.39 is 5.54 Å². The molecule has 1 aliphatic heterocycles. The highest BCUT2D eigenvalue weighted by molar-refractivity contribution is 5.89. The minimum atomic E-state index is -0.819. The average Bonchev–Trinajstić information content (AvgIpc) is 2.62. The van der Waals surface area contributed by atoms with Crippen molar-refractivity contribution in [3.8, 4) is 5.75 Å². The number of ether oxygens (including phenoxy) is 2. The smallest absolute Gasteiger partial charge is 0.243 e. The molecule has 2 N–H and O–H groups in total. The molecule has 3 rings (SSSR count). The number of piperidine rings is 1. The molecular formula is C20H30N2O3. The summed E-state index contributed by atoms with van der Waals surface area (Å²) in [6.45, 7) is 8.11. The molecule has 5 nitrogen and oxygen atoms in total. The SMILES string of the molecule is CCOC1CC(N)(C(=O)N2CCC(Oc3ccccc3)CC2)C1(C)C. The fourth-order valence-electron chi connectivity index (χ4n) is 3.95. The number of para-hydroxylation sites is 1. The topological polar surface area (TPSA) is 64.8 Å². The van der Waals surface area contributed by atoms with E-state index in [2.05, 4.69) is 0 Å². The molecular weight excluding hydrogens is 316 g/mol. The number of carbonyl (C=O) groups excluding carboxylic acids is 1. The second kappa shape index (κ2) is 6.96. The van der Waals surface area contributed by atoms with Gasteiger partial charge in [0.2, 0.25) is 5.91 Å². The Morgan fingerprint density at radius 1 is 1.24 bits per heavy atom. The standard InChI is InChI=1S/C20H30N2O3/c1-4-24-17-14-20(21,19(17,2)3)18(23)22-12-10-16(11-13-22)25-15-8-6-5-7-9-15/h5-9,16-17H,4,10-14,21H2,1-3H3. The molecule has 1 saturated carbocycles. The number of likely N-dealkylation sites (tertiary alicyclic amines) is 1. The van der Waals surface area contributed by atoms with E-state index in [0.29, 0.717) is 26.1 Å². The van der Waals surface area contributed by atoms with Gasteiger partial charge >= 0.3 is 0 Å². The summed E-state index contributed by atoms with van der Waals surface area (Å²) >= 11 is 0. The van der Waals surface area contributed by atoms with Gasteiger partial charge in [-0.15, -0.1) is 0 Å². The van der Waals surface area contributed by atoms with Crippen LogP contribution >= 0.6 is 0 Å². The summed E-state index contributed by atoms with van der Waals surface area (Å²) in [7, 11) is 0. The van der Waals surface area contributed by atoms with Gasteiger partial charge in [0.1, 0.15) is 17.4 Å². The van der Waals surface area contributed by atoms with E-state index in [1.54, 1.807) is 0 Å². The van der Waals surface area contributed by atoms with E-state index in [0.717, 1.165) is 18.6 Å². The highest BCUT2D eigenvalue weighted by Gasteiger charge is 2.63. The summed E-state index contributed by atoms with van der Waals surface area (Å²) < 4.78 is 11.7. The van der Waals surface area contributed by atoms with E-state index in [1.165, 1.54) is 0 Å². The quantitative estimate of drug-likeness (QED) is 0.890. The molecule has 2 fully saturated rings. The first-order valence-electron chi connectivity index (χ1n) is 9.30. The van der Waals surface area contributed by atoms with Gasteiger partial charge < -0.3 is 20.1 Å². The second-order valence-electron chi connectivity index (χ2n) is 7.76. The van der Waals surface area contributed by atoms with Crippen LogP contribution in [0.5, 0.6) is 5.75 Å². The Labute approximate surface area is 150 Å². The maximum absolute atomic E-state index is 13.0. The number of rotatable bonds is 5. The van der Waals surface area contributed by atoms with Crippen molar-refractivity contribution in [3.05, 3.63) is 30.3 Å². The van der Waals surface area contributed by atoms with Gasteiger partial charge in [0.25, 0.3) is 0 Å². The molecule has 2 unspecified atom stereocenters. The van der Waals surface area contributed by atoms with Gasteiger partial charge in [-0.05, 0) is 19.1 Å². The summed E-state index contributed by atoms with van der Waals surface area (Å²) in [4.78, 5) is 14.9. The van der Waals surface area contributed by atoms with Crippen molar-refractivity contribution in [2.24, 2.45) is 11.1 Å². The van der Waals surface area contributed by atoms with Crippen LogP contribution in [-0.2, 0) is 9.53 Å². The molecule has 1 saturated heterocycles. The molecule has 0 aromatic heterocycles. The molecule has 5 heteroatoms. The van der Waals surface area contributed by atoms with Crippen LogP contribution in [-0.4, -0.2) is 48.3 Å². The first kappa shape index (κ1) is 18.2. The molecule has 1 aliphatic carbocycles. The minimum Gasteiger partial charge on any atom is -0.490 e. The molecule has 0 spiro atoms. The van der Waals surface area contributed by atoms with Crippen LogP contribution in [0.4, 0.5) is 0 Å². The molecule has 138 valence electrons. The fourth-order valence-corrected chi connectivity index (χ4v) is 3.95. The fraction of sp³-hybridized carbons (Fsp3) is 0.650. The second-order valence-corrected chi connectivity index (χ2v) is 7.76. The lowest BCUT2D eigenvalue weighted by Gasteiger charge is -2.59. The van der Waals surface area contributed by atoms with Gasteiger partial charge in [0.05, 0.1) is 6.10 Å². The van der Waals surface area contributed by atoms with Crippen LogP contribution in [0.25, 0.3) is 0 Å². The molecule has 2 atom stereocenters. The van der Waals surface area contributed by atoms with Crippen molar-refractivity contribution in [2.45, 2.75) is 57.8 Å². The van der Waals surface area contributed by atoms with Crippen molar-refractivity contribution in [2.75, 3.05) is 19.7 Å². The highest BCUT2D eigenvalue weighted by Crippen LogP contribution is 2.50. The van der Waals surface area contributed by atoms with Crippen LogP contribution in [0.2, 0.25) is 0 Å². The lowest BCUT2D eigenvalue weighted by atomic mass is 9.54. The van der Waals surface area contributed by atoms with E-state index >= 15 is 0 Å². The highest BCUT2D eigenvalue weighted by atomic mass is 16.5. The van der Waals surface area contributed by atoms with Gasteiger partial charge in [-0.2, -0.15) is 0 Å². The largest absolute Gasteiger partial charge is 0.490 e. The van der Waals surface area contributed by atoms with Crippen LogP contribution in [0, 0.1) is 5.41 Å². The molecule has 1 heterocycles. The first-order valence-corrected chi connectivity index (χ1v) is 9.30. The normalized spacial score (nSPS) is 29.1. The van der Waals surface area contributed by atoms with Crippen molar-refractivity contribution in [1.29, 1.82) is 0 Å². The Morgan fingerprint density at radius 3 is 2.44 bits per heavy atom. The Kier molecular flexibility index (Phi) is 5.07. The molecule has 1 aromatic rings. The Bertz CT molecular complexity index is 596. The molecule has 1 amide bonds. The number of benzene rings is 1. The van der Waals surface area contributed by atoms with Crippen LogP contribution in [0.3, 0.4) is 0 Å². The Hall–Kier alpha value is -1.59. The van der Waals surface area contributed by atoms with Crippen LogP contribution in [0.1, 0.15) is 40.0 Å². The number of nitrogens with two attached hydrogens (primary N) is 1. The summed E-state index contributed by atoms with van der Waals surface area (Å²) in [6.07, 6.45) is 2.50. The van der Waals surface area contributed by atoms with Gasteiger partial charge in [-0.3, -0.25) is 4.79 Å². The summed E-state index contributed by atoms with van der Waals surface area (Å²) in [5, 5.41) is 0. The zero-order valence-electron chi connectivity index (χ0n) is 15.5. The van der Waals surface area contributed by atoms with E-state index in [-0.39, 0.29) is 23.5 Å². The predicted octanol–water partition coefficient (Wildman–Crippen LogP) is 2.59. The third-order valence-corrected chi connectivity index (χ3v) is 5.99. The van der Waals surface area contributed by atoms with Crippen molar-refractivity contribution >= 4 is 5.91 Å². The average molecular weight is 346 g/mol. The lowest BCUT2D eigenvalue weighted by molar-refractivity contribution is -0.180. The summed E-state index contributed by atoms with van der Waals surface area (Å²) in [5.74, 6) is 0.953. The number of nitrogens with zero attached hydrogens (tertiary/aromatic N) is 1. The number of hydrogen-bond donors (Lipinski definition) is 1. The van der Waals surface area contributed by atoms with E-state index in [9.17, 15) is 4.79 Å². The van der Waals surface area contributed by atoms with Gasteiger partial charge in [-0.1, -0.05) is 32.0 Å². The number of amides is 1. The lowest BCUT2D eigenvalue weighted by Crippen LogP contribution is -2.76. The Balaban J connectivity index is 1.55. The van der Waals surface area contributed by atoms with Crippen molar-refractivity contribution < 1.29 is 14.3 Å². The minimum absolute atomic E-state index is 0.0606. The molecule has 0 radical (unpaired) electrons. The maximum atomic E-state index is 13.0. The zero-order chi connectivity index (χ0) is 18.1. The maximum Gasteiger partial charge on any atom is 0.243 e. The third-order valence-electron chi connectivity index (χ3n) is 5.99. The summed E-state index contributed by atoms with van der Waals surface area (Å²) in [5.41, 5.74) is 5.38. The first-order chi connectivity index (χ1) is 11.9. The zero-order valence-corrected chi connectivity index (χ0v) is 15.5. The monoisotopic (exact) mass is 346 g/mol. The predicted molar refractivity (Wildman–Crippen MR) is 97.4 cm³/mol. The van der Waals surface area contributed by atoms with Crippen LogP contribution < -0.4 is 10.5 Å². The van der Waals surface area contributed by atoms with Crippen molar-refractivity contribution in [1.82, 2.24) is 4.90 Å².